The molecule has 1 aliphatic rings. The lowest BCUT2D eigenvalue weighted by Crippen LogP contribution is -2.25. The van der Waals surface area contributed by atoms with Gasteiger partial charge in [0.25, 0.3) is 19.2 Å². The number of ketones is 2. The Balaban J connectivity index is 2.00. The first-order valence-electron chi connectivity index (χ1n) is 8.83. The predicted octanol–water partition coefficient (Wildman–Crippen LogP) is 2.96. The molecular formula is C20H13ClN2O7S2. The summed E-state index contributed by atoms with van der Waals surface area (Å²) in [5, 5.41) is 2.74. The molecule has 0 aliphatic heterocycles. The number of fused-ring (bicyclic) bond motifs is 2. The largest absolute Gasteiger partial charge is 0.397 e. The van der Waals surface area contributed by atoms with Crippen molar-refractivity contribution in [2.75, 3.05) is 11.1 Å². The van der Waals surface area contributed by atoms with Crippen LogP contribution in [-0.4, -0.2) is 33.0 Å². The summed E-state index contributed by atoms with van der Waals surface area (Å²) in [7, 11) is -3.58. The number of nitrogen functional groups attached to an aromatic ring is 1. The molecule has 3 aromatic carbocycles. The number of halogens is 1. The van der Waals surface area contributed by atoms with Crippen molar-refractivity contribution in [3.8, 4) is 0 Å². The molecule has 12 heteroatoms. The molecule has 0 saturated heterocycles. The quantitative estimate of drug-likeness (QED) is 0.221. The molecule has 0 amide bonds. The monoisotopic (exact) mass is 492 g/mol. The molecule has 3 aromatic rings. The van der Waals surface area contributed by atoms with Crippen molar-refractivity contribution in [3.63, 3.8) is 0 Å². The first kappa shape index (κ1) is 22.0. The van der Waals surface area contributed by atoms with Crippen LogP contribution in [0.5, 0.6) is 0 Å². The molecule has 32 heavy (non-hydrogen) atoms. The predicted molar refractivity (Wildman–Crippen MR) is 117 cm³/mol. The van der Waals surface area contributed by atoms with Crippen molar-refractivity contribution < 1.29 is 31.0 Å². The summed E-state index contributed by atoms with van der Waals surface area (Å²) in [6.07, 6.45) is 0. The molecule has 4 rings (SSSR count). The Bertz CT molecular complexity index is 1550. The SMILES string of the molecule is Nc1c(S(=O)(=O)O)cc(Nc2cccc(S(=O)(=O)Cl)c2)c2c1C(=O)c1ccccc1C2=O. The number of carbonyl (C=O) groups is 2. The van der Waals surface area contributed by atoms with E-state index in [0.29, 0.717) is 0 Å². The van der Waals surface area contributed by atoms with E-state index >= 15 is 0 Å². The lowest BCUT2D eigenvalue weighted by Gasteiger charge is -2.23. The third-order valence-corrected chi connectivity index (χ3v) is 7.12. The highest BCUT2D eigenvalue weighted by Gasteiger charge is 2.36. The molecule has 4 N–H and O–H groups in total. The molecule has 0 aromatic heterocycles. The highest BCUT2D eigenvalue weighted by molar-refractivity contribution is 8.13. The van der Waals surface area contributed by atoms with E-state index in [2.05, 4.69) is 5.32 Å². The van der Waals surface area contributed by atoms with Crippen LogP contribution in [0.2, 0.25) is 0 Å². The van der Waals surface area contributed by atoms with Gasteiger partial charge in [-0.25, -0.2) is 8.42 Å². The topological polar surface area (TPSA) is 161 Å². The summed E-state index contributed by atoms with van der Waals surface area (Å²) in [6.45, 7) is 0. The Morgan fingerprint density at radius 1 is 0.844 bits per heavy atom. The van der Waals surface area contributed by atoms with Crippen LogP contribution in [0.15, 0.2) is 64.4 Å². The zero-order valence-electron chi connectivity index (χ0n) is 15.9. The average Bonchev–Trinajstić information content (AvgIpc) is 2.71. The van der Waals surface area contributed by atoms with Crippen LogP contribution in [0.25, 0.3) is 0 Å². The Kier molecular flexibility index (Phi) is 5.09. The summed E-state index contributed by atoms with van der Waals surface area (Å²) in [5.74, 6) is -1.30. The van der Waals surface area contributed by atoms with E-state index in [1.165, 1.54) is 36.4 Å². The summed E-state index contributed by atoms with van der Waals surface area (Å²) in [6, 6.07) is 12.0. The maximum Gasteiger partial charge on any atom is 0.296 e. The Morgan fingerprint density at radius 3 is 2.00 bits per heavy atom. The maximum atomic E-state index is 13.2. The van der Waals surface area contributed by atoms with E-state index in [1.54, 1.807) is 6.07 Å². The minimum atomic E-state index is -4.88. The van der Waals surface area contributed by atoms with Crippen LogP contribution in [0.1, 0.15) is 31.8 Å². The van der Waals surface area contributed by atoms with Crippen molar-refractivity contribution in [2.24, 2.45) is 0 Å². The molecular weight excluding hydrogens is 480 g/mol. The zero-order chi connectivity index (χ0) is 23.4. The minimum Gasteiger partial charge on any atom is -0.397 e. The second-order valence-corrected chi connectivity index (χ2v) is 10.8. The van der Waals surface area contributed by atoms with Crippen LogP contribution in [-0.2, 0) is 19.2 Å². The highest BCUT2D eigenvalue weighted by Crippen LogP contribution is 2.40. The third-order valence-electron chi connectivity index (χ3n) is 4.87. The van der Waals surface area contributed by atoms with Crippen LogP contribution in [0.3, 0.4) is 0 Å². The van der Waals surface area contributed by atoms with Gasteiger partial charge in [0.2, 0.25) is 0 Å². The van der Waals surface area contributed by atoms with Crippen molar-refractivity contribution >= 4 is 58.5 Å². The Labute approximate surface area is 187 Å². The fourth-order valence-electron chi connectivity index (χ4n) is 3.49. The average molecular weight is 493 g/mol. The van der Waals surface area contributed by atoms with Gasteiger partial charge in [0.15, 0.2) is 11.6 Å². The molecule has 0 heterocycles. The van der Waals surface area contributed by atoms with Gasteiger partial charge < -0.3 is 11.1 Å². The van der Waals surface area contributed by atoms with Crippen LogP contribution >= 0.6 is 10.7 Å². The van der Waals surface area contributed by atoms with Crippen molar-refractivity contribution in [3.05, 3.63) is 76.9 Å². The first-order chi connectivity index (χ1) is 14.9. The number of carbonyl (C=O) groups excluding carboxylic acids is 2. The smallest absolute Gasteiger partial charge is 0.296 e. The molecule has 1 aliphatic carbocycles. The van der Waals surface area contributed by atoms with Crippen molar-refractivity contribution in [1.29, 1.82) is 0 Å². The fourth-order valence-corrected chi connectivity index (χ4v) is 4.93. The van der Waals surface area contributed by atoms with Crippen molar-refractivity contribution in [2.45, 2.75) is 9.79 Å². The van der Waals surface area contributed by atoms with E-state index in [0.717, 1.165) is 12.1 Å². The summed E-state index contributed by atoms with van der Waals surface area (Å²) in [5.41, 5.74) is 4.82. The number of hydrogen-bond donors (Lipinski definition) is 3. The fraction of sp³-hybridized carbons (Fsp3) is 0. The van der Waals surface area contributed by atoms with Crippen LogP contribution in [0.4, 0.5) is 17.1 Å². The number of hydrogen-bond acceptors (Lipinski definition) is 8. The van der Waals surface area contributed by atoms with Gasteiger partial charge in [-0.15, -0.1) is 0 Å². The van der Waals surface area contributed by atoms with Crippen molar-refractivity contribution in [1.82, 2.24) is 0 Å². The van der Waals surface area contributed by atoms with Gasteiger partial charge in [-0.1, -0.05) is 30.3 Å². The van der Waals surface area contributed by atoms with E-state index in [9.17, 15) is 31.0 Å². The molecule has 9 nitrogen and oxygen atoms in total. The standard InChI is InChI=1S/C20H13ClN2O7S2/c21-31(26,27)11-5-3-4-10(8-11)23-14-9-15(32(28,29)30)18(22)17-16(14)19(24)12-6-1-2-7-13(12)20(17)25/h1-9,23H,22H2,(H,28,29,30). The molecule has 164 valence electrons. The molecule has 0 spiro atoms. The van der Waals surface area contributed by atoms with E-state index in [1.807, 2.05) is 0 Å². The molecule has 0 fully saturated rings. The minimum absolute atomic E-state index is 0.0327. The van der Waals surface area contributed by atoms with E-state index < -0.39 is 41.3 Å². The lowest BCUT2D eigenvalue weighted by atomic mass is 9.82. The van der Waals surface area contributed by atoms with Gasteiger partial charge >= 0.3 is 0 Å². The van der Waals surface area contributed by atoms with Gasteiger partial charge in [0.1, 0.15) is 4.90 Å². The van der Waals surface area contributed by atoms with E-state index in [-0.39, 0.29) is 38.5 Å². The Hall–Kier alpha value is -3.25. The normalized spacial score (nSPS) is 13.4. The number of benzene rings is 3. The zero-order valence-corrected chi connectivity index (χ0v) is 18.3. The molecule has 0 atom stereocenters. The molecule has 0 bridgehead atoms. The number of nitrogens with two attached hydrogens (primary N) is 1. The third kappa shape index (κ3) is 3.65. The van der Waals surface area contributed by atoms with Crippen LogP contribution < -0.4 is 11.1 Å². The molecule has 0 saturated carbocycles. The maximum absolute atomic E-state index is 13.2. The van der Waals surface area contributed by atoms with Crippen LogP contribution in [0, 0.1) is 0 Å². The lowest BCUT2D eigenvalue weighted by molar-refractivity contribution is 0.0980. The van der Waals surface area contributed by atoms with Gasteiger partial charge in [-0.3, -0.25) is 14.1 Å². The van der Waals surface area contributed by atoms with E-state index in [4.69, 9.17) is 16.4 Å². The second kappa shape index (κ2) is 7.41. The van der Waals surface area contributed by atoms with Gasteiger partial charge in [-0.05, 0) is 24.3 Å². The van der Waals surface area contributed by atoms with Gasteiger partial charge in [0, 0.05) is 27.5 Å². The number of nitrogens with one attached hydrogen (secondary N) is 1. The van der Waals surface area contributed by atoms with Gasteiger partial charge in [-0.2, -0.15) is 8.42 Å². The Morgan fingerprint density at radius 2 is 1.44 bits per heavy atom. The first-order valence-corrected chi connectivity index (χ1v) is 12.6. The molecule has 0 radical (unpaired) electrons. The van der Waals surface area contributed by atoms with Gasteiger partial charge in [0.05, 0.1) is 27.4 Å². The summed E-state index contributed by atoms with van der Waals surface area (Å²) >= 11 is 0. The molecule has 0 unspecified atom stereocenters. The summed E-state index contributed by atoms with van der Waals surface area (Å²) < 4.78 is 56.8. The highest BCUT2D eigenvalue weighted by atomic mass is 35.7. The second-order valence-electron chi connectivity index (χ2n) is 6.86. The number of anilines is 3. The summed E-state index contributed by atoms with van der Waals surface area (Å²) in [4.78, 5) is 25.3. The number of rotatable bonds is 4.